The highest BCUT2D eigenvalue weighted by molar-refractivity contribution is 7.89. The molecule has 0 radical (unpaired) electrons. The number of ether oxygens (including phenoxy) is 1. The zero-order chi connectivity index (χ0) is 20.2. The van der Waals surface area contributed by atoms with Gasteiger partial charge >= 0.3 is 5.97 Å². The topological polar surface area (TPSA) is 131 Å². The number of rotatable bonds is 8. The first-order valence-electron chi connectivity index (χ1n) is 8.49. The third kappa shape index (κ3) is 6.33. The number of benzene rings is 1. The van der Waals surface area contributed by atoms with Gasteiger partial charge in [-0.1, -0.05) is 0 Å². The summed E-state index contributed by atoms with van der Waals surface area (Å²) < 4.78 is 32.0. The molecule has 148 valence electrons. The van der Waals surface area contributed by atoms with Crippen molar-refractivity contribution >= 4 is 33.5 Å². The number of hydrogen-bond acceptors (Lipinski definition) is 6. The largest absolute Gasteiger partial charge is 0.451 e. The van der Waals surface area contributed by atoms with Crippen molar-refractivity contribution in [3.63, 3.8) is 0 Å². The maximum atomic E-state index is 12.4. The lowest BCUT2D eigenvalue weighted by atomic mass is 10.3. The van der Waals surface area contributed by atoms with Gasteiger partial charge in [0.1, 0.15) is 6.04 Å². The van der Waals surface area contributed by atoms with Crippen LogP contribution in [0.2, 0.25) is 0 Å². The molecule has 1 aromatic carbocycles. The zero-order valence-electron chi connectivity index (χ0n) is 15.3. The molecule has 9 nitrogen and oxygen atoms in total. The molecule has 0 saturated heterocycles. The Kier molecular flexibility index (Phi) is 6.55. The highest BCUT2D eigenvalue weighted by Crippen LogP contribution is 2.19. The van der Waals surface area contributed by atoms with Gasteiger partial charge < -0.3 is 15.4 Å². The summed E-state index contributed by atoms with van der Waals surface area (Å²) in [6.07, 6.45) is 0.800. The van der Waals surface area contributed by atoms with Crippen molar-refractivity contribution in [1.82, 2.24) is 10.0 Å². The quantitative estimate of drug-likeness (QED) is 0.548. The molecule has 2 atom stereocenters. The molecule has 0 heterocycles. The van der Waals surface area contributed by atoms with Crippen LogP contribution >= 0.6 is 0 Å². The van der Waals surface area contributed by atoms with E-state index in [1.807, 2.05) is 0 Å². The molecular formula is C17H23N3O6S. The lowest BCUT2D eigenvalue weighted by molar-refractivity contribution is -0.156. The molecule has 1 aliphatic carbocycles. The van der Waals surface area contributed by atoms with E-state index in [1.165, 1.54) is 45.0 Å². The molecule has 10 heteroatoms. The third-order valence-electron chi connectivity index (χ3n) is 3.76. The van der Waals surface area contributed by atoms with Crippen LogP contribution in [0.1, 0.15) is 33.6 Å². The number of esters is 1. The Morgan fingerprint density at radius 1 is 1.11 bits per heavy atom. The molecule has 1 saturated carbocycles. The van der Waals surface area contributed by atoms with Gasteiger partial charge in [-0.25, -0.2) is 8.42 Å². The number of sulfonamides is 1. The number of carbonyl (C=O) groups excluding carboxylic acids is 3. The molecule has 27 heavy (non-hydrogen) atoms. The highest BCUT2D eigenvalue weighted by Gasteiger charge is 2.29. The smallest absolute Gasteiger partial charge is 0.324 e. The first-order valence-corrected chi connectivity index (χ1v) is 9.97. The van der Waals surface area contributed by atoms with Gasteiger partial charge in [-0.2, -0.15) is 4.72 Å². The number of hydrogen-bond donors (Lipinski definition) is 3. The van der Waals surface area contributed by atoms with Crippen LogP contribution in [0, 0.1) is 0 Å². The lowest BCUT2D eigenvalue weighted by Gasteiger charge is -2.17. The Labute approximate surface area is 157 Å². The zero-order valence-corrected chi connectivity index (χ0v) is 16.1. The van der Waals surface area contributed by atoms with Crippen LogP contribution in [0.4, 0.5) is 5.69 Å². The van der Waals surface area contributed by atoms with Gasteiger partial charge in [0.2, 0.25) is 15.9 Å². The SMILES string of the molecule is CC(=O)Nc1ccc(S(=O)(=O)N[C@@H](C)C(=O)O[C@@H](C)C(=O)NC2CC2)cc1. The fourth-order valence-corrected chi connectivity index (χ4v) is 3.34. The summed E-state index contributed by atoms with van der Waals surface area (Å²) in [5, 5.41) is 5.23. The summed E-state index contributed by atoms with van der Waals surface area (Å²) in [5.74, 6) is -1.54. The van der Waals surface area contributed by atoms with Crippen molar-refractivity contribution in [3.8, 4) is 0 Å². The molecule has 0 aromatic heterocycles. The summed E-state index contributed by atoms with van der Waals surface area (Å²) in [7, 11) is -3.98. The Bertz CT molecular complexity index is 818. The first kappa shape index (κ1) is 20.8. The molecule has 0 unspecified atom stereocenters. The number of anilines is 1. The molecule has 0 bridgehead atoms. The van der Waals surface area contributed by atoms with E-state index in [2.05, 4.69) is 15.4 Å². The van der Waals surface area contributed by atoms with Crippen LogP contribution in [0.5, 0.6) is 0 Å². The average Bonchev–Trinajstić information content (AvgIpc) is 3.38. The number of carbonyl (C=O) groups is 3. The molecule has 1 aliphatic rings. The van der Waals surface area contributed by atoms with Gasteiger partial charge in [0.25, 0.3) is 5.91 Å². The summed E-state index contributed by atoms with van der Waals surface area (Å²) >= 11 is 0. The Morgan fingerprint density at radius 3 is 2.22 bits per heavy atom. The second-order valence-corrected chi connectivity index (χ2v) is 8.12. The van der Waals surface area contributed by atoms with E-state index in [1.54, 1.807) is 0 Å². The fraction of sp³-hybridized carbons (Fsp3) is 0.471. The second kappa shape index (κ2) is 8.49. The molecule has 2 rings (SSSR count). The van der Waals surface area contributed by atoms with Crippen LogP contribution in [0.3, 0.4) is 0 Å². The van der Waals surface area contributed by atoms with Crippen molar-refractivity contribution in [2.24, 2.45) is 0 Å². The second-order valence-electron chi connectivity index (χ2n) is 6.41. The van der Waals surface area contributed by atoms with Gasteiger partial charge in [0, 0.05) is 18.7 Å². The minimum Gasteiger partial charge on any atom is -0.451 e. The third-order valence-corrected chi connectivity index (χ3v) is 5.31. The number of amides is 2. The van der Waals surface area contributed by atoms with Gasteiger partial charge in [0.05, 0.1) is 4.90 Å². The van der Waals surface area contributed by atoms with Crippen molar-refractivity contribution in [2.45, 2.75) is 56.7 Å². The standard InChI is InChI=1S/C17H23N3O6S/c1-10(17(23)26-11(2)16(22)19-14-4-5-14)20-27(24,25)15-8-6-13(7-9-15)18-12(3)21/h6-11,14,20H,4-5H2,1-3H3,(H,18,21)(H,19,22)/t10-,11-/m0/s1. The minimum atomic E-state index is -3.98. The van der Waals surface area contributed by atoms with Crippen LogP contribution < -0.4 is 15.4 Å². The molecule has 3 N–H and O–H groups in total. The van der Waals surface area contributed by atoms with Crippen molar-refractivity contribution in [1.29, 1.82) is 0 Å². The molecular weight excluding hydrogens is 374 g/mol. The predicted molar refractivity (Wildman–Crippen MR) is 97.2 cm³/mol. The summed E-state index contributed by atoms with van der Waals surface area (Å²) in [5.41, 5.74) is 0.449. The van der Waals surface area contributed by atoms with E-state index >= 15 is 0 Å². The van der Waals surface area contributed by atoms with Crippen LogP contribution in [-0.4, -0.2) is 44.4 Å². The Hall–Kier alpha value is -2.46. The summed E-state index contributed by atoms with van der Waals surface area (Å²) in [6.45, 7) is 4.10. The van der Waals surface area contributed by atoms with E-state index in [9.17, 15) is 22.8 Å². The van der Waals surface area contributed by atoms with Gasteiger partial charge in [0.15, 0.2) is 6.10 Å². The first-order chi connectivity index (χ1) is 12.6. The van der Waals surface area contributed by atoms with Crippen LogP contribution in [0.25, 0.3) is 0 Å². The van der Waals surface area contributed by atoms with Crippen LogP contribution in [-0.2, 0) is 29.1 Å². The summed E-state index contributed by atoms with van der Waals surface area (Å²) in [4.78, 5) is 34.8. The molecule has 0 spiro atoms. The van der Waals surface area contributed by atoms with Gasteiger partial charge in [-0.3, -0.25) is 14.4 Å². The molecule has 0 aliphatic heterocycles. The van der Waals surface area contributed by atoms with E-state index in [0.29, 0.717) is 5.69 Å². The van der Waals surface area contributed by atoms with Crippen molar-refractivity contribution < 1.29 is 27.5 Å². The maximum absolute atomic E-state index is 12.4. The van der Waals surface area contributed by atoms with E-state index < -0.39 is 34.0 Å². The monoisotopic (exact) mass is 397 g/mol. The summed E-state index contributed by atoms with van der Waals surface area (Å²) in [6, 6.07) is 4.43. The van der Waals surface area contributed by atoms with Gasteiger partial charge in [-0.05, 0) is 51.0 Å². The Balaban J connectivity index is 1.93. The number of nitrogens with one attached hydrogen (secondary N) is 3. The van der Waals surface area contributed by atoms with Crippen LogP contribution in [0.15, 0.2) is 29.2 Å². The predicted octanol–water partition coefficient (Wildman–Crippen LogP) is 0.522. The molecule has 1 fully saturated rings. The Morgan fingerprint density at radius 2 is 1.70 bits per heavy atom. The molecule has 2 amide bonds. The van der Waals surface area contributed by atoms with Crippen molar-refractivity contribution in [2.75, 3.05) is 5.32 Å². The minimum absolute atomic E-state index is 0.0734. The highest BCUT2D eigenvalue weighted by atomic mass is 32.2. The molecule has 1 aromatic rings. The maximum Gasteiger partial charge on any atom is 0.324 e. The fourth-order valence-electron chi connectivity index (χ4n) is 2.15. The lowest BCUT2D eigenvalue weighted by Crippen LogP contribution is -2.43. The van der Waals surface area contributed by atoms with E-state index in [4.69, 9.17) is 4.74 Å². The van der Waals surface area contributed by atoms with E-state index in [-0.39, 0.29) is 16.8 Å². The average molecular weight is 397 g/mol. The van der Waals surface area contributed by atoms with E-state index in [0.717, 1.165) is 12.8 Å². The normalized spacial score (nSPS) is 16.1. The van der Waals surface area contributed by atoms with Crippen molar-refractivity contribution in [3.05, 3.63) is 24.3 Å². The van der Waals surface area contributed by atoms with Gasteiger partial charge in [-0.15, -0.1) is 0 Å².